The molecule has 0 spiro atoms. The van der Waals surface area contributed by atoms with E-state index in [9.17, 15) is 4.79 Å². The zero-order chi connectivity index (χ0) is 28.9. The maximum atomic E-state index is 12.5. The van der Waals surface area contributed by atoms with Crippen molar-refractivity contribution in [3.63, 3.8) is 0 Å². The smallest absolute Gasteiger partial charge is 0.338 e. The van der Waals surface area contributed by atoms with E-state index in [0.29, 0.717) is 30.9 Å². The molecule has 0 fully saturated rings. The topological polar surface area (TPSA) is 55.6 Å². The minimum atomic E-state index is -0.547. The van der Waals surface area contributed by atoms with E-state index in [4.69, 9.17) is 10.6 Å². The van der Waals surface area contributed by atoms with E-state index in [1.807, 2.05) is 30.3 Å². The fourth-order valence-corrected chi connectivity index (χ4v) is 5.81. The van der Waals surface area contributed by atoms with Crippen molar-refractivity contribution in [2.45, 2.75) is 103 Å². The second-order valence-corrected chi connectivity index (χ2v) is 11.7. The quantitative estimate of drug-likeness (QED) is 0.183. The summed E-state index contributed by atoms with van der Waals surface area (Å²) in [6.07, 6.45) is 6.82. The summed E-state index contributed by atoms with van der Waals surface area (Å²) in [4.78, 5) is 18.5. The van der Waals surface area contributed by atoms with Gasteiger partial charge in [-0.1, -0.05) is 133 Å². The number of amides is 2. The lowest BCUT2D eigenvalue weighted by Gasteiger charge is -2.29. The Morgan fingerprint density at radius 3 is 1.70 bits per heavy atom. The summed E-state index contributed by atoms with van der Waals surface area (Å²) in [6.45, 7) is 12.1. The molecular formula is C36H50N2O2. The number of nitrogens with two attached hydrogens (primary N) is 1. The molecule has 4 heteroatoms. The van der Waals surface area contributed by atoms with E-state index in [2.05, 4.69) is 83.1 Å². The Kier molecular flexibility index (Phi) is 12.7. The van der Waals surface area contributed by atoms with Gasteiger partial charge in [0.05, 0.1) is 6.54 Å². The molecule has 2 atom stereocenters. The van der Waals surface area contributed by atoms with Gasteiger partial charge in [-0.05, 0) is 64.8 Å². The van der Waals surface area contributed by atoms with Gasteiger partial charge in [-0.2, -0.15) is 0 Å². The van der Waals surface area contributed by atoms with Crippen molar-refractivity contribution in [2.24, 2.45) is 5.73 Å². The third kappa shape index (κ3) is 9.23. The monoisotopic (exact) mass is 542 g/mol. The van der Waals surface area contributed by atoms with Crippen molar-refractivity contribution in [2.75, 3.05) is 6.54 Å². The maximum Gasteiger partial charge on any atom is 0.338 e. The van der Waals surface area contributed by atoms with Crippen LogP contribution in [0.15, 0.2) is 78.9 Å². The second kappa shape index (κ2) is 16.2. The van der Waals surface area contributed by atoms with Crippen LogP contribution in [0.4, 0.5) is 4.79 Å². The van der Waals surface area contributed by atoms with Crippen molar-refractivity contribution in [3.8, 4) is 0 Å². The molecule has 0 aliphatic heterocycles. The molecule has 0 saturated heterocycles. The number of urea groups is 1. The number of hydroxylamine groups is 2. The molecule has 2 unspecified atom stereocenters. The van der Waals surface area contributed by atoms with Crippen LogP contribution in [0.1, 0.15) is 125 Å². The third-order valence-corrected chi connectivity index (χ3v) is 7.99. The van der Waals surface area contributed by atoms with Gasteiger partial charge in [-0.15, -0.1) is 0 Å². The van der Waals surface area contributed by atoms with E-state index < -0.39 is 6.03 Å². The number of unbranched alkanes of at least 4 members (excludes halogenated alkanes) is 1. The van der Waals surface area contributed by atoms with E-state index in [1.165, 1.54) is 46.6 Å². The summed E-state index contributed by atoms with van der Waals surface area (Å²) in [7, 11) is 0. The Morgan fingerprint density at radius 2 is 1.18 bits per heavy atom. The number of hydrogen-bond acceptors (Lipinski definition) is 2. The van der Waals surface area contributed by atoms with E-state index >= 15 is 0 Å². The highest BCUT2D eigenvalue weighted by Crippen LogP contribution is 2.36. The minimum Gasteiger partial charge on any atom is -0.350 e. The maximum absolute atomic E-state index is 12.5. The van der Waals surface area contributed by atoms with Crippen LogP contribution in [0.5, 0.6) is 0 Å². The Bertz CT molecular complexity index is 1160. The molecule has 0 aliphatic rings. The summed E-state index contributed by atoms with van der Waals surface area (Å²) >= 11 is 0. The molecule has 40 heavy (non-hydrogen) atoms. The van der Waals surface area contributed by atoms with Crippen LogP contribution in [0.25, 0.3) is 0 Å². The molecule has 3 rings (SSSR count). The predicted molar refractivity (Wildman–Crippen MR) is 167 cm³/mol. The largest absolute Gasteiger partial charge is 0.350 e. The standard InChI is InChI=1S/C36H50N2O2/c1-6-7-18-30(34-23-13-11-21-32(34)27(2)3)19-15-20-31(35-24-14-12-22-33(35)28(4)5)25-38(36(37)39)40-26-29-16-9-8-10-17-29/h8-14,16-17,21-24,27-28,30-31H,6-7,15,18-20,25-26H2,1-5H3,(H2,37,39). The summed E-state index contributed by atoms with van der Waals surface area (Å²) in [5, 5.41) is 1.37. The lowest BCUT2D eigenvalue weighted by Crippen LogP contribution is -2.38. The molecule has 0 bridgehead atoms. The van der Waals surface area contributed by atoms with Gasteiger partial charge in [0.15, 0.2) is 0 Å². The normalized spacial score (nSPS) is 13.0. The molecule has 0 aromatic heterocycles. The summed E-state index contributed by atoms with van der Waals surface area (Å²) in [6, 6.07) is 27.0. The molecule has 3 aromatic carbocycles. The van der Waals surface area contributed by atoms with Gasteiger partial charge in [0.25, 0.3) is 0 Å². The number of benzene rings is 3. The van der Waals surface area contributed by atoms with Crippen LogP contribution in [-0.2, 0) is 11.4 Å². The number of carbonyl (C=O) groups excluding carboxylic acids is 1. The molecule has 0 aliphatic carbocycles. The molecule has 2 N–H and O–H groups in total. The molecule has 216 valence electrons. The average molecular weight is 543 g/mol. The zero-order valence-corrected chi connectivity index (χ0v) is 25.3. The van der Waals surface area contributed by atoms with Gasteiger partial charge >= 0.3 is 6.03 Å². The number of nitrogens with zero attached hydrogens (tertiary/aromatic N) is 1. The Hall–Kier alpha value is -3.11. The molecule has 4 nitrogen and oxygen atoms in total. The van der Waals surface area contributed by atoms with E-state index in [1.54, 1.807) is 0 Å². The average Bonchev–Trinajstić information content (AvgIpc) is 2.96. The molecule has 2 amide bonds. The van der Waals surface area contributed by atoms with Crippen molar-refractivity contribution in [1.29, 1.82) is 0 Å². The van der Waals surface area contributed by atoms with Gasteiger partial charge in [-0.3, -0.25) is 4.84 Å². The zero-order valence-electron chi connectivity index (χ0n) is 25.3. The Balaban J connectivity index is 1.82. The van der Waals surface area contributed by atoms with Crippen LogP contribution in [-0.4, -0.2) is 17.6 Å². The third-order valence-electron chi connectivity index (χ3n) is 7.99. The number of carbonyl (C=O) groups is 1. The second-order valence-electron chi connectivity index (χ2n) is 11.7. The van der Waals surface area contributed by atoms with Gasteiger partial charge in [0.1, 0.15) is 6.61 Å². The highest BCUT2D eigenvalue weighted by atomic mass is 16.7. The van der Waals surface area contributed by atoms with Crippen LogP contribution >= 0.6 is 0 Å². The van der Waals surface area contributed by atoms with Crippen molar-refractivity contribution < 1.29 is 9.63 Å². The van der Waals surface area contributed by atoms with Gasteiger partial charge in [0, 0.05) is 5.92 Å². The Morgan fingerprint density at radius 1 is 0.700 bits per heavy atom. The molecule has 0 radical (unpaired) electrons. The Labute approximate surface area is 242 Å². The van der Waals surface area contributed by atoms with Gasteiger partial charge in [-0.25, -0.2) is 9.86 Å². The fraction of sp³-hybridized carbons (Fsp3) is 0.472. The predicted octanol–water partition coefficient (Wildman–Crippen LogP) is 9.67. The molecule has 0 heterocycles. The first-order valence-corrected chi connectivity index (χ1v) is 15.2. The number of primary amides is 1. The van der Waals surface area contributed by atoms with Crippen LogP contribution in [0.2, 0.25) is 0 Å². The van der Waals surface area contributed by atoms with E-state index in [0.717, 1.165) is 24.8 Å². The van der Waals surface area contributed by atoms with Crippen LogP contribution < -0.4 is 5.73 Å². The molecule has 3 aromatic rings. The summed E-state index contributed by atoms with van der Waals surface area (Å²) in [5.74, 6) is 1.58. The van der Waals surface area contributed by atoms with Crippen LogP contribution in [0.3, 0.4) is 0 Å². The molecule has 0 saturated carbocycles. The van der Waals surface area contributed by atoms with E-state index in [-0.39, 0.29) is 5.92 Å². The summed E-state index contributed by atoms with van der Waals surface area (Å²) < 4.78 is 0. The van der Waals surface area contributed by atoms with Gasteiger partial charge in [0.2, 0.25) is 0 Å². The first-order valence-electron chi connectivity index (χ1n) is 15.2. The van der Waals surface area contributed by atoms with Crippen molar-refractivity contribution >= 4 is 6.03 Å². The van der Waals surface area contributed by atoms with Crippen molar-refractivity contribution in [1.82, 2.24) is 5.06 Å². The SMILES string of the molecule is CCCCC(CCCC(CN(OCc1ccccc1)C(N)=O)c1ccccc1C(C)C)c1ccccc1C(C)C. The minimum absolute atomic E-state index is 0.133. The lowest BCUT2D eigenvalue weighted by molar-refractivity contribution is -0.129. The lowest BCUT2D eigenvalue weighted by atomic mass is 9.81. The first kappa shape index (κ1) is 31.4. The molecular weight excluding hydrogens is 492 g/mol. The summed E-state index contributed by atoms with van der Waals surface area (Å²) in [5.41, 5.74) is 12.4. The fourth-order valence-electron chi connectivity index (χ4n) is 5.81. The van der Waals surface area contributed by atoms with Crippen molar-refractivity contribution in [3.05, 3.63) is 107 Å². The number of rotatable bonds is 16. The van der Waals surface area contributed by atoms with Gasteiger partial charge < -0.3 is 5.73 Å². The highest BCUT2D eigenvalue weighted by molar-refractivity contribution is 5.70. The number of hydrogen-bond donors (Lipinski definition) is 1. The van der Waals surface area contributed by atoms with Crippen LogP contribution in [0, 0.1) is 0 Å². The first-order chi connectivity index (χ1) is 19.3. The highest BCUT2D eigenvalue weighted by Gasteiger charge is 2.24.